The van der Waals surface area contributed by atoms with E-state index in [2.05, 4.69) is 37.9 Å². The van der Waals surface area contributed by atoms with Crippen LogP contribution >= 0.6 is 0 Å². The zero-order valence-electron chi connectivity index (χ0n) is 18.6. The molecule has 1 saturated heterocycles. The van der Waals surface area contributed by atoms with Gasteiger partial charge in [-0.05, 0) is 80.1 Å². The maximum absolute atomic E-state index is 13.9. The summed E-state index contributed by atoms with van der Waals surface area (Å²) in [6.45, 7) is 6.90. The lowest BCUT2D eigenvalue weighted by Gasteiger charge is -2.34. The van der Waals surface area contributed by atoms with Crippen molar-refractivity contribution >= 4 is 16.9 Å². The summed E-state index contributed by atoms with van der Waals surface area (Å²) in [5.41, 5.74) is 5.78. The highest BCUT2D eigenvalue weighted by Crippen LogP contribution is 2.40. The second-order valence-corrected chi connectivity index (χ2v) is 8.88. The van der Waals surface area contributed by atoms with Crippen molar-refractivity contribution in [3.05, 3.63) is 89.0 Å². The number of likely N-dealkylation sites (tertiary alicyclic amines) is 1. The summed E-state index contributed by atoms with van der Waals surface area (Å²) < 4.78 is 13.9. The van der Waals surface area contributed by atoms with Crippen LogP contribution < -0.4 is 0 Å². The molecule has 0 spiro atoms. The molecular formula is C27H26FN3O. The quantitative estimate of drug-likeness (QED) is 0.427. The number of H-pyrrole nitrogens is 1. The highest BCUT2D eigenvalue weighted by atomic mass is 19.1. The highest BCUT2D eigenvalue weighted by Gasteiger charge is 2.44. The maximum Gasteiger partial charge on any atom is 0.255 e. The predicted molar refractivity (Wildman–Crippen MR) is 125 cm³/mol. The number of hydrogen-bond acceptors (Lipinski definition) is 2. The van der Waals surface area contributed by atoms with Gasteiger partial charge in [0.05, 0.1) is 16.6 Å². The Morgan fingerprint density at radius 2 is 1.91 bits per heavy atom. The molecule has 1 aliphatic rings. The van der Waals surface area contributed by atoms with Gasteiger partial charge in [0.1, 0.15) is 11.6 Å². The van der Waals surface area contributed by atoms with E-state index >= 15 is 0 Å². The zero-order valence-corrected chi connectivity index (χ0v) is 18.6. The third-order valence-corrected chi connectivity index (χ3v) is 6.87. The Morgan fingerprint density at radius 1 is 1.09 bits per heavy atom. The van der Waals surface area contributed by atoms with Gasteiger partial charge in [-0.3, -0.25) is 4.79 Å². The molecular weight excluding hydrogens is 401 g/mol. The van der Waals surface area contributed by atoms with Crippen molar-refractivity contribution in [2.24, 2.45) is 0 Å². The van der Waals surface area contributed by atoms with E-state index in [1.54, 1.807) is 6.07 Å². The molecule has 4 aromatic rings. The van der Waals surface area contributed by atoms with Crippen LogP contribution in [0.25, 0.3) is 22.2 Å². The number of carbonyl (C=O) groups is 1. The average Bonchev–Trinajstić information content (AvgIpc) is 3.41. The number of halogens is 1. The van der Waals surface area contributed by atoms with Crippen LogP contribution in [0.2, 0.25) is 0 Å². The summed E-state index contributed by atoms with van der Waals surface area (Å²) in [6.07, 6.45) is 1.73. The Bertz CT molecular complexity index is 1340. The second kappa shape index (κ2) is 7.59. The van der Waals surface area contributed by atoms with E-state index in [0.717, 1.165) is 40.8 Å². The minimum atomic E-state index is -0.536. The Morgan fingerprint density at radius 3 is 2.72 bits per heavy atom. The van der Waals surface area contributed by atoms with E-state index in [4.69, 9.17) is 4.98 Å². The first-order valence-corrected chi connectivity index (χ1v) is 11.0. The Labute approximate surface area is 187 Å². The van der Waals surface area contributed by atoms with Crippen LogP contribution in [0.3, 0.4) is 0 Å². The molecule has 0 aliphatic carbocycles. The third-order valence-electron chi connectivity index (χ3n) is 6.87. The van der Waals surface area contributed by atoms with Gasteiger partial charge in [-0.2, -0.15) is 0 Å². The van der Waals surface area contributed by atoms with Gasteiger partial charge in [0.25, 0.3) is 5.91 Å². The van der Waals surface area contributed by atoms with Gasteiger partial charge in [0.15, 0.2) is 0 Å². The van der Waals surface area contributed by atoms with E-state index in [1.807, 2.05) is 35.2 Å². The van der Waals surface area contributed by atoms with Crippen molar-refractivity contribution in [3.63, 3.8) is 0 Å². The first-order chi connectivity index (χ1) is 15.4. The molecule has 0 unspecified atom stereocenters. The lowest BCUT2D eigenvalue weighted by atomic mass is 9.95. The number of nitrogens with zero attached hydrogens (tertiary/aromatic N) is 2. The van der Waals surface area contributed by atoms with Gasteiger partial charge >= 0.3 is 0 Å². The van der Waals surface area contributed by atoms with E-state index in [1.165, 1.54) is 17.7 Å². The normalized spacial score (nSPS) is 18.4. The molecule has 1 amide bonds. The molecule has 1 aliphatic heterocycles. The summed E-state index contributed by atoms with van der Waals surface area (Å²) in [7, 11) is 0. The number of amides is 1. The van der Waals surface area contributed by atoms with Gasteiger partial charge in [-0.25, -0.2) is 9.37 Å². The number of fused-ring (bicyclic) bond motifs is 1. The van der Waals surface area contributed by atoms with Crippen LogP contribution in [0.4, 0.5) is 4.39 Å². The van der Waals surface area contributed by atoms with Gasteiger partial charge in [0.2, 0.25) is 0 Å². The molecule has 1 aromatic heterocycles. The summed E-state index contributed by atoms with van der Waals surface area (Å²) in [5.74, 6) is 0.442. The number of nitrogens with one attached hydrogen (secondary N) is 1. The fourth-order valence-electron chi connectivity index (χ4n) is 4.83. The molecule has 1 N–H and O–H groups in total. The van der Waals surface area contributed by atoms with Crippen molar-refractivity contribution in [2.75, 3.05) is 6.54 Å². The van der Waals surface area contributed by atoms with Crippen molar-refractivity contribution in [1.29, 1.82) is 0 Å². The van der Waals surface area contributed by atoms with Crippen LogP contribution in [0.5, 0.6) is 0 Å². The number of aromatic nitrogens is 2. The molecule has 5 heteroatoms. The van der Waals surface area contributed by atoms with Crippen LogP contribution in [-0.4, -0.2) is 27.3 Å². The number of carbonyl (C=O) groups excluding carboxylic acids is 1. The number of rotatable bonds is 3. The third kappa shape index (κ3) is 3.20. The fraction of sp³-hybridized carbons (Fsp3) is 0.259. The monoisotopic (exact) mass is 427 g/mol. The molecule has 32 heavy (non-hydrogen) atoms. The van der Waals surface area contributed by atoms with Gasteiger partial charge in [-0.15, -0.1) is 0 Å². The van der Waals surface area contributed by atoms with E-state index in [-0.39, 0.29) is 11.7 Å². The number of hydrogen-bond donors (Lipinski definition) is 1. The molecule has 1 atom stereocenters. The number of aryl methyl sites for hydroxylation is 2. The molecule has 3 aromatic carbocycles. The summed E-state index contributed by atoms with van der Waals surface area (Å²) >= 11 is 0. The van der Waals surface area contributed by atoms with Crippen LogP contribution in [0.15, 0.2) is 60.7 Å². The highest BCUT2D eigenvalue weighted by molar-refractivity contribution is 6.01. The predicted octanol–water partition coefficient (Wildman–Crippen LogP) is 6.14. The smallest absolute Gasteiger partial charge is 0.255 e. The van der Waals surface area contributed by atoms with E-state index < -0.39 is 5.54 Å². The minimum absolute atomic E-state index is 0.0572. The molecule has 0 bridgehead atoms. The summed E-state index contributed by atoms with van der Waals surface area (Å²) in [5, 5.41) is 0. The fourth-order valence-corrected chi connectivity index (χ4v) is 4.83. The standard InChI is InChI=1S/C27H26FN3O/c1-17-12-13-23-24(18(17)2)30-26(29-23)27(3)14-7-15-31(27)25(32)22-11-5-4-10-21(22)19-8-6-9-20(28)16-19/h4-6,8-13,16H,7,14-15H2,1-3H3,(H,29,30)/t27-/m0/s1. The lowest BCUT2D eigenvalue weighted by Crippen LogP contribution is -2.43. The molecule has 0 radical (unpaired) electrons. The average molecular weight is 428 g/mol. The first kappa shape index (κ1) is 20.4. The summed E-state index contributed by atoms with van der Waals surface area (Å²) in [4.78, 5) is 24.2. The molecule has 1 fully saturated rings. The number of benzene rings is 3. The molecule has 4 nitrogen and oxygen atoms in total. The molecule has 162 valence electrons. The van der Waals surface area contributed by atoms with Crippen LogP contribution in [-0.2, 0) is 5.54 Å². The Kier molecular flexibility index (Phi) is 4.85. The van der Waals surface area contributed by atoms with Gasteiger partial charge in [-0.1, -0.05) is 36.4 Å². The lowest BCUT2D eigenvalue weighted by molar-refractivity contribution is 0.0607. The molecule has 5 rings (SSSR count). The Hall–Kier alpha value is -3.47. The molecule has 2 heterocycles. The van der Waals surface area contributed by atoms with E-state index in [9.17, 15) is 9.18 Å². The minimum Gasteiger partial charge on any atom is -0.340 e. The largest absolute Gasteiger partial charge is 0.340 e. The van der Waals surface area contributed by atoms with E-state index in [0.29, 0.717) is 17.7 Å². The van der Waals surface area contributed by atoms with Crippen molar-refractivity contribution in [3.8, 4) is 11.1 Å². The maximum atomic E-state index is 13.9. The van der Waals surface area contributed by atoms with Gasteiger partial charge < -0.3 is 9.88 Å². The summed E-state index contributed by atoms with van der Waals surface area (Å²) in [6, 6.07) is 18.0. The first-order valence-electron chi connectivity index (χ1n) is 11.0. The molecule has 0 saturated carbocycles. The zero-order chi connectivity index (χ0) is 22.5. The topological polar surface area (TPSA) is 49.0 Å². The Balaban J connectivity index is 1.57. The van der Waals surface area contributed by atoms with Crippen LogP contribution in [0, 0.1) is 19.7 Å². The van der Waals surface area contributed by atoms with Crippen molar-refractivity contribution < 1.29 is 9.18 Å². The number of imidazole rings is 1. The van der Waals surface area contributed by atoms with Gasteiger partial charge in [0, 0.05) is 12.1 Å². The second-order valence-electron chi connectivity index (χ2n) is 8.88. The SMILES string of the molecule is Cc1ccc2[nH]c([C@]3(C)CCCN3C(=O)c3ccccc3-c3cccc(F)c3)nc2c1C. The number of aromatic amines is 1. The van der Waals surface area contributed by atoms with Crippen molar-refractivity contribution in [2.45, 2.75) is 39.2 Å². The van der Waals surface area contributed by atoms with Crippen molar-refractivity contribution in [1.82, 2.24) is 14.9 Å². The van der Waals surface area contributed by atoms with Crippen LogP contribution in [0.1, 0.15) is 47.1 Å².